The number of aromatic nitrogens is 2. The summed E-state index contributed by atoms with van der Waals surface area (Å²) in [6.45, 7) is 7.86. The minimum atomic E-state index is -0.309. The standard InChI is InChI=1S/C16H20N2O2/c1-10-11(2)17-18(12(10)3)13(4)16(19)14-6-8-15(20-5)9-7-14/h6-9,13H,1-5H3. The number of ether oxygens (including phenoxy) is 1. The second-order valence-corrected chi connectivity index (χ2v) is 5.01. The molecule has 2 aromatic rings. The molecule has 0 spiro atoms. The zero-order valence-electron chi connectivity index (χ0n) is 12.6. The van der Waals surface area contributed by atoms with Crippen LogP contribution in [0.3, 0.4) is 0 Å². The lowest BCUT2D eigenvalue weighted by molar-refractivity contribution is 0.0926. The lowest BCUT2D eigenvalue weighted by Crippen LogP contribution is -2.19. The highest BCUT2D eigenvalue weighted by Crippen LogP contribution is 2.21. The number of aryl methyl sites for hydroxylation is 1. The molecule has 0 amide bonds. The third kappa shape index (κ3) is 2.46. The molecule has 4 heteroatoms. The Morgan fingerprint density at radius 1 is 1.20 bits per heavy atom. The van der Waals surface area contributed by atoms with Crippen molar-refractivity contribution in [3.8, 4) is 5.75 Å². The van der Waals surface area contributed by atoms with Crippen LogP contribution in [0.5, 0.6) is 5.75 Å². The van der Waals surface area contributed by atoms with Crippen molar-refractivity contribution in [2.24, 2.45) is 0 Å². The molecule has 1 aromatic carbocycles. The Labute approximate surface area is 119 Å². The Balaban J connectivity index is 2.29. The van der Waals surface area contributed by atoms with Crippen molar-refractivity contribution in [2.75, 3.05) is 7.11 Å². The smallest absolute Gasteiger partial charge is 0.187 e. The number of hydrogen-bond acceptors (Lipinski definition) is 3. The molecule has 1 aromatic heterocycles. The van der Waals surface area contributed by atoms with Gasteiger partial charge in [0.25, 0.3) is 0 Å². The lowest BCUT2D eigenvalue weighted by Gasteiger charge is -2.13. The number of Topliss-reactive ketones (excluding diaryl/α,β-unsaturated/α-hetero) is 1. The SMILES string of the molecule is COc1ccc(C(=O)C(C)n2nc(C)c(C)c2C)cc1. The summed E-state index contributed by atoms with van der Waals surface area (Å²) in [6.07, 6.45) is 0. The maximum atomic E-state index is 12.5. The average molecular weight is 272 g/mol. The van der Waals surface area contributed by atoms with Gasteiger partial charge in [-0.15, -0.1) is 0 Å². The van der Waals surface area contributed by atoms with E-state index in [0.717, 1.165) is 22.7 Å². The number of carbonyl (C=O) groups excluding carboxylic acids is 1. The summed E-state index contributed by atoms with van der Waals surface area (Å²) < 4.78 is 6.91. The number of nitrogens with zero attached hydrogens (tertiary/aromatic N) is 2. The number of benzene rings is 1. The van der Waals surface area contributed by atoms with Crippen molar-refractivity contribution in [2.45, 2.75) is 33.7 Å². The van der Waals surface area contributed by atoms with Crippen LogP contribution in [0.2, 0.25) is 0 Å². The maximum Gasteiger partial charge on any atom is 0.187 e. The first kappa shape index (κ1) is 14.3. The monoisotopic (exact) mass is 272 g/mol. The fourth-order valence-electron chi connectivity index (χ4n) is 2.23. The van der Waals surface area contributed by atoms with E-state index in [1.165, 1.54) is 0 Å². The summed E-state index contributed by atoms with van der Waals surface area (Å²) in [5.41, 5.74) is 3.82. The zero-order chi connectivity index (χ0) is 14.9. The van der Waals surface area contributed by atoms with Gasteiger partial charge in [-0.25, -0.2) is 0 Å². The highest BCUT2D eigenvalue weighted by molar-refractivity contribution is 5.98. The Bertz CT molecular complexity index is 627. The fraction of sp³-hybridized carbons (Fsp3) is 0.375. The Morgan fingerprint density at radius 3 is 2.25 bits per heavy atom. The molecule has 0 fully saturated rings. The third-order valence-electron chi connectivity index (χ3n) is 3.81. The highest BCUT2D eigenvalue weighted by Gasteiger charge is 2.21. The van der Waals surface area contributed by atoms with Gasteiger partial charge in [0.05, 0.1) is 12.8 Å². The molecular formula is C16H20N2O2. The van der Waals surface area contributed by atoms with Crippen LogP contribution in [-0.4, -0.2) is 22.7 Å². The summed E-state index contributed by atoms with van der Waals surface area (Å²) in [6, 6.07) is 6.86. The molecule has 20 heavy (non-hydrogen) atoms. The predicted octanol–water partition coefficient (Wildman–Crippen LogP) is 3.26. The molecule has 0 aliphatic carbocycles. The van der Waals surface area contributed by atoms with Gasteiger partial charge in [0.15, 0.2) is 5.78 Å². The van der Waals surface area contributed by atoms with Gasteiger partial charge in [0.2, 0.25) is 0 Å². The molecule has 0 bridgehead atoms. The van der Waals surface area contributed by atoms with E-state index >= 15 is 0 Å². The molecule has 0 aliphatic rings. The zero-order valence-corrected chi connectivity index (χ0v) is 12.6. The first-order valence-electron chi connectivity index (χ1n) is 6.66. The summed E-state index contributed by atoms with van der Waals surface area (Å²) in [5.74, 6) is 0.800. The average Bonchev–Trinajstić information content (AvgIpc) is 2.73. The first-order chi connectivity index (χ1) is 9.45. The molecule has 106 valence electrons. The summed E-state index contributed by atoms with van der Waals surface area (Å²) in [7, 11) is 1.61. The molecule has 0 radical (unpaired) electrons. The van der Waals surface area contributed by atoms with Gasteiger partial charge in [-0.3, -0.25) is 9.48 Å². The van der Waals surface area contributed by atoms with Gasteiger partial charge >= 0.3 is 0 Å². The van der Waals surface area contributed by atoms with Crippen LogP contribution in [0.25, 0.3) is 0 Å². The Morgan fingerprint density at radius 2 is 1.80 bits per heavy atom. The summed E-state index contributed by atoms with van der Waals surface area (Å²) >= 11 is 0. The van der Waals surface area contributed by atoms with E-state index in [0.29, 0.717) is 5.56 Å². The van der Waals surface area contributed by atoms with Gasteiger partial charge in [-0.1, -0.05) is 0 Å². The van der Waals surface area contributed by atoms with Gasteiger partial charge in [0.1, 0.15) is 11.8 Å². The molecular weight excluding hydrogens is 252 g/mol. The molecule has 0 saturated heterocycles. The van der Waals surface area contributed by atoms with Crippen molar-refractivity contribution < 1.29 is 9.53 Å². The van der Waals surface area contributed by atoms with E-state index in [1.54, 1.807) is 36.1 Å². The number of methoxy groups -OCH3 is 1. The fourth-order valence-corrected chi connectivity index (χ4v) is 2.23. The summed E-state index contributed by atoms with van der Waals surface area (Å²) in [5, 5.41) is 4.46. The van der Waals surface area contributed by atoms with Crippen LogP contribution in [0.15, 0.2) is 24.3 Å². The largest absolute Gasteiger partial charge is 0.497 e. The molecule has 0 aliphatic heterocycles. The van der Waals surface area contributed by atoms with Gasteiger partial charge in [-0.2, -0.15) is 5.10 Å². The molecule has 0 N–H and O–H groups in total. The van der Waals surface area contributed by atoms with E-state index in [9.17, 15) is 4.79 Å². The van der Waals surface area contributed by atoms with Crippen LogP contribution in [0.4, 0.5) is 0 Å². The predicted molar refractivity (Wildman–Crippen MR) is 78.5 cm³/mol. The van der Waals surface area contributed by atoms with Crippen LogP contribution < -0.4 is 4.74 Å². The first-order valence-corrected chi connectivity index (χ1v) is 6.66. The van der Waals surface area contributed by atoms with Crippen molar-refractivity contribution in [3.63, 3.8) is 0 Å². The number of hydrogen-bond donors (Lipinski definition) is 0. The molecule has 2 rings (SSSR count). The van der Waals surface area contributed by atoms with Crippen LogP contribution in [-0.2, 0) is 0 Å². The van der Waals surface area contributed by atoms with E-state index in [2.05, 4.69) is 5.10 Å². The van der Waals surface area contributed by atoms with Crippen LogP contribution in [0, 0.1) is 20.8 Å². The lowest BCUT2D eigenvalue weighted by atomic mass is 10.1. The molecule has 1 heterocycles. The summed E-state index contributed by atoms with van der Waals surface area (Å²) in [4.78, 5) is 12.5. The highest BCUT2D eigenvalue weighted by atomic mass is 16.5. The Kier molecular flexibility index (Phi) is 3.93. The van der Waals surface area contributed by atoms with Crippen molar-refractivity contribution in [1.29, 1.82) is 0 Å². The Hall–Kier alpha value is -2.10. The molecule has 1 unspecified atom stereocenters. The normalized spacial score (nSPS) is 12.2. The van der Waals surface area contributed by atoms with E-state index in [1.807, 2.05) is 27.7 Å². The molecule has 1 atom stereocenters. The van der Waals surface area contributed by atoms with Gasteiger partial charge in [0, 0.05) is 11.3 Å². The quantitative estimate of drug-likeness (QED) is 0.802. The van der Waals surface area contributed by atoms with E-state index in [-0.39, 0.29) is 11.8 Å². The number of rotatable bonds is 4. The van der Waals surface area contributed by atoms with Gasteiger partial charge < -0.3 is 4.74 Å². The topological polar surface area (TPSA) is 44.1 Å². The number of carbonyl (C=O) groups is 1. The van der Waals surface area contributed by atoms with Gasteiger partial charge in [-0.05, 0) is 57.5 Å². The van der Waals surface area contributed by atoms with E-state index in [4.69, 9.17) is 4.74 Å². The molecule has 4 nitrogen and oxygen atoms in total. The van der Waals surface area contributed by atoms with Crippen LogP contribution in [0.1, 0.15) is 40.3 Å². The minimum absolute atomic E-state index is 0.0539. The van der Waals surface area contributed by atoms with E-state index < -0.39 is 0 Å². The third-order valence-corrected chi connectivity index (χ3v) is 3.81. The number of ketones is 1. The maximum absolute atomic E-state index is 12.5. The second-order valence-electron chi connectivity index (χ2n) is 5.01. The van der Waals surface area contributed by atoms with Crippen molar-refractivity contribution in [1.82, 2.24) is 9.78 Å². The van der Waals surface area contributed by atoms with Crippen molar-refractivity contribution in [3.05, 3.63) is 46.8 Å². The van der Waals surface area contributed by atoms with Crippen molar-refractivity contribution >= 4 is 5.78 Å². The molecule has 0 saturated carbocycles. The second kappa shape index (κ2) is 5.49. The minimum Gasteiger partial charge on any atom is -0.497 e. The van der Waals surface area contributed by atoms with Crippen LogP contribution >= 0.6 is 0 Å².